The van der Waals surface area contributed by atoms with Crippen molar-refractivity contribution < 1.29 is 17.9 Å². The number of aromatic nitrogens is 5. The van der Waals surface area contributed by atoms with Gasteiger partial charge in [0.2, 0.25) is 11.5 Å². The molecule has 0 saturated heterocycles. The van der Waals surface area contributed by atoms with E-state index in [1.165, 1.54) is 6.20 Å². The smallest absolute Gasteiger partial charge is 0.452 e. The number of hydrogen-bond donors (Lipinski definition) is 0. The van der Waals surface area contributed by atoms with Crippen molar-refractivity contribution in [2.45, 2.75) is 19.0 Å². The number of hydrogen-bond acceptors (Lipinski definition) is 5. The molecule has 0 spiro atoms. The standard InChI is InChI=1S/C13H11ClF3N5O/c14-5-1-2-7-23-11-10-20-21-12(13(15,16)17)22(10)9-8(19-11)4-3-6-18-9/h3-4,6H,1-2,5,7H2. The van der Waals surface area contributed by atoms with Gasteiger partial charge in [-0.15, -0.1) is 21.8 Å². The highest BCUT2D eigenvalue weighted by Gasteiger charge is 2.38. The summed E-state index contributed by atoms with van der Waals surface area (Å²) in [4.78, 5) is 8.14. The molecule has 0 N–H and O–H groups in total. The molecule has 0 aromatic carbocycles. The van der Waals surface area contributed by atoms with Gasteiger partial charge in [-0.05, 0) is 25.0 Å². The second-order valence-corrected chi connectivity index (χ2v) is 5.07. The molecule has 0 radical (unpaired) electrons. The number of rotatable bonds is 5. The lowest BCUT2D eigenvalue weighted by molar-refractivity contribution is -0.145. The number of unbranched alkanes of at least 4 members (excludes halogenated alkanes) is 1. The largest absolute Gasteiger partial charge is 0.475 e. The normalized spacial score (nSPS) is 12.2. The highest BCUT2D eigenvalue weighted by Crippen LogP contribution is 2.31. The molecule has 0 fully saturated rings. The van der Waals surface area contributed by atoms with Gasteiger partial charge in [0.1, 0.15) is 5.52 Å². The van der Waals surface area contributed by atoms with Gasteiger partial charge in [-0.3, -0.25) is 0 Å². The van der Waals surface area contributed by atoms with E-state index in [4.69, 9.17) is 16.3 Å². The van der Waals surface area contributed by atoms with E-state index in [0.29, 0.717) is 12.3 Å². The Balaban J connectivity index is 2.15. The molecule has 3 rings (SSSR count). The van der Waals surface area contributed by atoms with E-state index in [2.05, 4.69) is 20.2 Å². The van der Waals surface area contributed by atoms with Gasteiger partial charge in [0.05, 0.1) is 6.61 Å². The number of nitrogens with zero attached hydrogens (tertiary/aromatic N) is 5. The van der Waals surface area contributed by atoms with E-state index in [0.717, 1.165) is 10.8 Å². The Bertz CT molecular complexity index is 835. The predicted molar refractivity (Wildman–Crippen MR) is 76.5 cm³/mol. The summed E-state index contributed by atoms with van der Waals surface area (Å²) in [5.74, 6) is -0.691. The van der Waals surface area contributed by atoms with Crippen molar-refractivity contribution in [3.8, 4) is 5.88 Å². The first kappa shape index (κ1) is 15.7. The Morgan fingerprint density at radius 2 is 2.00 bits per heavy atom. The lowest BCUT2D eigenvalue weighted by atomic mass is 10.3. The number of fused-ring (bicyclic) bond motifs is 3. The molecule has 3 aromatic heterocycles. The fourth-order valence-corrected chi connectivity index (χ4v) is 2.27. The Morgan fingerprint density at radius 1 is 1.17 bits per heavy atom. The van der Waals surface area contributed by atoms with Crippen LogP contribution in [0, 0.1) is 0 Å². The quantitative estimate of drug-likeness (QED) is 0.525. The van der Waals surface area contributed by atoms with Crippen LogP contribution in [0.15, 0.2) is 18.3 Å². The molecule has 3 aromatic rings. The second-order valence-electron chi connectivity index (χ2n) is 4.69. The zero-order valence-electron chi connectivity index (χ0n) is 11.7. The van der Waals surface area contributed by atoms with E-state index >= 15 is 0 Å². The van der Waals surface area contributed by atoms with Gasteiger partial charge in [-0.1, -0.05) is 0 Å². The average Bonchev–Trinajstić information content (AvgIpc) is 2.97. The molecule has 122 valence electrons. The van der Waals surface area contributed by atoms with Crippen molar-refractivity contribution in [3.05, 3.63) is 24.2 Å². The monoisotopic (exact) mass is 345 g/mol. The topological polar surface area (TPSA) is 65.2 Å². The van der Waals surface area contributed by atoms with Crippen LogP contribution in [0.2, 0.25) is 0 Å². The van der Waals surface area contributed by atoms with Gasteiger partial charge in [-0.25, -0.2) is 14.4 Å². The van der Waals surface area contributed by atoms with E-state index in [-0.39, 0.29) is 29.3 Å². The van der Waals surface area contributed by atoms with Crippen molar-refractivity contribution in [1.82, 2.24) is 24.6 Å². The molecule has 6 nitrogen and oxygen atoms in total. The maximum absolute atomic E-state index is 13.1. The van der Waals surface area contributed by atoms with Crippen molar-refractivity contribution >= 4 is 28.4 Å². The highest BCUT2D eigenvalue weighted by molar-refractivity contribution is 6.17. The van der Waals surface area contributed by atoms with Crippen LogP contribution in [-0.4, -0.2) is 37.1 Å². The van der Waals surface area contributed by atoms with Crippen LogP contribution in [0.25, 0.3) is 16.8 Å². The molecular weight excluding hydrogens is 335 g/mol. The number of alkyl halides is 4. The summed E-state index contributed by atoms with van der Waals surface area (Å²) in [6.45, 7) is 0.273. The van der Waals surface area contributed by atoms with Crippen LogP contribution in [0.5, 0.6) is 5.88 Å². The second kappa shape index (κ2) is 6.15. The van der Waals surface area contributed by atoms with Gasteiger partial charge in [0.25, 0.3) is 5.88 Å². The summed E-state index contributed by atoms with van der Waals surface area (Å²) in [7, 11) is 0. The molecule has 0 aliphatic rings. The Kier molecular flexibility index (Phi) is 4.20. The van der Waals surface area contributed by atoms with Crippen LogP contribution in [-0.2, 0) is 6.18 Å². The van der Waals surface area contributed by atoms with Crippen LogP contribution in [0.3, 0.4) is 0 Å². The Labute approximate surface area is 133 Å². The third-order valence-electron chi connectivity index (χ3n) is 3.07. The first-order valence-corrected chi connectivity index (χ1v) is 7.31. The third-order valence-corrected chi connectivity index (χ3v) is 3.34. The molecule has 0 aliphatic heterocycles. The summed E-state index contributed by atoms with van der Waals surface area (Å²) < 4.78 is 45.7. The van der Waals surface area contributed by atoms with E-state index in [1.807, 2.05) is 0 Å². The van der Waals surface area contributed by atoms with Crippen molar-refractivity contribution in [2.24, 2.45) is 0 Å². The molecule has 23 heavy (non-hydrogen) atoms. The zero-order valence-corrected chi connectivity index (χ0v) is 12.5. The van der Waals surface area contributed by atoms with Gasteiger partial charge in [-0.2, -0.15) is 13.2 Å². The highest BCUT2D eigenvalue weighted by atomic mass is 35.5. The minimum absolute atomic E-state index is 0.0110. The van der Waals surface area contributed by atoms with Crippen LogP contribution < -0.4 is 4.74 Å². The molecular formula is C13H11ClF3N5O. The fourth-order valence-electron chi connectivity index (χ4n) is 2.08. The van der Waals surface area contributed by atoms with Crippen LogP contribution >= 0.6 is 11.6 Å². The van der Waals surface area contributed by atoms with Crippen LogP contribution in [0.1, 0.15) is 18.7 Å². The van der Waals surface area contributed by atoms with Crippen molar-refractivity contribution in [3.63, 3.8) is 0 Å². The van der Waals surface area contributed by atoms with E-state index in [9.17, 15) is 13.2 Å². The molecule has 0 atom stereocenters. The molecule has 0 aliphatic carbocycles. The lowest BCUT2D eigenvalue weighted by Gasteiger charge is -2.09. The van der Waals surface area contributed by atoms with Gasteiger partial charge in [0, 0.05) is 12.1 Å². The molecule has 0 bridgehead atoms. The maximum Gasteiger partial charge on any atom is 0.452 e. The molecule has 3 heterocycles. The number of ether oxygens (including phenoxy) is 1. The van der Waals surface area contributed by atoms with Gasteiger partial charge >= 0.3 is 6.18 Å². The summed E-state index contributed by atoms with van der Waals surface area (Å²) in [5, 5.41) is 6.80. The third kappa shape index (κ3) is 3.00. The lowest BCUT2D eigenvalue weighted by Crippen LogP contribution is -2.12. The fraction of sp³-hybridized carbons (Fsp3) is 0.385. The van der Waals surface area contributed by atoms with Gasteiger partial charge < -0.3 is 4.74 Å². The summed E-state index contributed by atoms with van der Waals surface area (Å²) in [5.41, 5.74) is 0.167. The van der Waals surface area contributed by atoms with Crippen molar-refractivity contribution in [2.75, 3.05) is 12.5 Å². The average molecular weight is 346 g/mol. The summed E-state index contributed by atoms with van der Waals surface area (Å²) >= 11 is 5.58. The summed E-state index contributed by atoms with van der Waals surface area (Å²) in [6, 6.07) is 3.13. The van der Waals surface area contributed by atoms with Crippen molar-refractivity contribution in [1.29, 1.82) is 0 Å². The molecule has 10 heteroatoms. The Hall–Kier alpha value is -2.16. The maximum atomic E-state index is 13.1. The summed E-state index contributed by atoms with van der Waals surface area (Å²) in [6.07, 6.45) is -1.90. The van der Waals surface area contributed by atoms with Gasteiger partial charge in [0.15, 0.2) is 5.65 Å². The number of halogens is 4. The minimum Gasteiger partial charge on any atom is -0.475 e. The number of pyridine rings is 1. The first-order valence-electron chi connectivity index (χ1n) is 6.78. The van der Waals surface area contributed by atoms with E-state index in [1.54, 1.807) is 12.1 Å². The first-order chi connectivity index (χ1) is 11.0. The molecule has 0 unspecified atom stereocenters. The SMILES string of the molecule is FC(F)(F)c1nnc2c(OCCCCCl)nc3cccnc3n12. The van der Waals surface area contributed by atoms with Crippen LogP contribution in [0.4, 0.5) is 13.2 Å². The molecule has 0 amide bonds. The Morgan fingerprint density at radius 3 is 2.74 bits per heavy atom. The predicted octanol–water partition coefficient (Wildman–Crippen LogP) is 3.09. The minimum atomic E-state index is -4.67. The van der Waals surface area contributed by atoms with E-state index < -0.39 is 12.0 Å². The zero-order chi connectivity index (χ0) is 16.4. The molecule has 0 saturated carbocycles.